The van der Waals surface area contributed by atoms with E-state index >= 15 is 0 Å². The number of carbonyl (C=O) groups excluding carboxylic acids is 2. The minimum absolute atomic E-state index is 0.00840. The van der Waals surface area contributed by atoms with Crippen LogP contribution in [-0.2, 0) is 0 Å². The molecule has 2 aromatic carbocycles. The summed E-state index contributed by atoms with van der Waals surface area (Å²) < 4.78 is 11.1. The predicted octanol–water partition coefficient (Wildman–Crippen LogP) is 3.39. The van der Waals surface area contributed by atoms with E-state index < -0.39 is 0 Å². The summed E-state index contributed by atoms with van der Waals surface area (Å²) in [4.78, 5) is 29.3. The number of carbonyl (C=O) groups is 2. The Bertz CT molecular complexity index is 831. The van der Waals surface area contributed by atoms with Gasteiger partial charge in [0, 0.05) is 43.4 Å². The second-order valence-electron chi connectivity index (χ2n) is 7.01. The van der Waals surface area contributed by atoms with Gasteiger partial charge >= 0.3 is 0 Å². The lowest BCUT2D eigenvalue weighted by molar-refractivity contribution is 0.0535. The lowest BCUT2D eigenvalue weighted by atomic mass is 10.1. The molecule has 1 fully saturated rings. The third-order valence-electron chi connectivity index (χ3n) is 4.90. The molecular formula is C23H28N2O4. The van der Waals surface area contributed by atoms with Crippen LogP contribution in [0, 0.1) is 6.92 Å². The molecule has 6 heteroatoms. The standard InChI is InChI=1S/C23H28N2O4/c1-4-28-20-14-19(15-21(16-20)29-5-2)23(27)25-12-10-24(11-13-25)22(26)18-8-6-17(3)7-9-18/h6-9,14-16H,4-5,10-13H2,1-3H3. The van der Waals surface area contributed by atoms with Crippen LogP contribution in [0.3, 0.4) is 0 Å². The SMILES string of the molecule is CCOc1cc(OCC)cc(C(=O)N2CCN(C(=O)c3ccc(C)cc3)CC2)c1. The molecule has 0 bridgehead atoms. The van der Waals surface area contributed by atoms with Crippen LogP contribution in [0.5, 0.6) is 11.5 Å². The number of hydrogen-bond acceptors (Lipinski definition) is 4. The molecule has 154 valence electrons. The Morgan fingerprint density at radius 3 is 1.66 bits per heavy atom. The maximum Gasteiger partial charge on any atom is 0.254 e. The van der Waals surface area contributed by atoms with E-state index in [-0.39, 0.29) is 11.8 Å². The van der Waals surface area contributed by atoms with Gasteiger partial charge in [-0.1, -0.05) is 17.7 Å². The minimum atomic E-state index is -0.0741. The second kappa shape index (κ2) is 9.45. The molecule has 0 unspecified atom stereocenters. The van der Waals surface area contributed by atoms with Crippen LogP contribution in [0.1, 0.15) is 40.1 Å². The van der Waals surface area contributed by atoms with Gasteiger partial charge in [-0.3, -0.25) is 9.59 Å². The summed E-state index contributed by atoms with van der Waals surface area (Å²) >= 11 is 0. The third-order valence-corrected chi connectivity index (χ3v) is 4.90. The average molecular weight is 396 g/mol. The van der Waals surface area contributed by atoms with Crippen molar-refractivity contribution in [1.29, 1.82) is 0 Å². The topological polar surface area (TPSA) is 59.1 Å². The van der Waals surface area contributed by atoms with E-state index in [1.165, 1.54) is 0 Å². The highest BCUT2D eigenvalue weighted by Gasteiger charge is 2.26. The largest absolute Gasteiger partial charge is 0.494 e. The van der Waals surface area contributed by atoms with Crippen molar-refractivity contribution in [1.82, 2.24) is 9.80 Å². The zero-order valence-electron chi connectivity index (χ0n) is 17.3. The van der Waals surface area contributed by atoms with Gasteiger partial charge in [0.15, 0.2) is 0 Å². The molecule has 29 heavy (non-hydrogen) atoms. The lowest BCUT2D eigenvalue weighted by Crippen LogP contribution is -2.50. The molecule has 1 aliphatic rings. The van der Waals surface area contributed by atoms with Gasteiger partial charge in [-0.25, -0.2) is 0 Å². The fourth-order valence-electron chi connectivity index (χ4n) is 3.37. The average Bonchev–Trinajstić information content (AvgIpc) is 2.74. The Balaban J connectivity index is 1.66. The highest BCUT2D eigenvalue weighted by molar-refractivity contribution is 5.96. The fraction of sp³-hybridized carbons (Fsp3) is 0.391. The van der Waals surface area contributed by atoms with Crippen molar-refractivity contribution in [2.45, 2.75) is 20.8 Å². The summed E-state index contributed by atoms with van der Waals surface area (Å²) in [7, 11) is 0. The molecule has 3 rings (SSSR count). The summed E-state index contributed by atoms with van der Waals surface area (Å²) in [6.07, 6.45) is 0. The molecule has 6 nitrogen and oxygen atoms in total. The van der Waals surface area contributed by atoms with Gasteiger partial charge in [0.25, 0.3) is 11.8 Å². The Morgan fingerprint density at radius 1 is 0.759 bits per heavy atom. The first-order chi connectivity index (χ1) is 14.0. The Kier molecular flexibility index (Phi) is 6.75. The maximum absolute atomic E-state index is 13.0. The predicted molar refractivity (Wildman–Crippen MR) is 112 cm³/mol. The van der Waals surface area contributed by atoms with Gasteiger partial charge in [0.1, 0.15) is 11.5 Å². The highest BCUT2D eigenvalue weighted by Crippen LogP contribution is 2.24. The summed E-state index contributed by atoms with van der Waals surface area (Å²) in [6, 6.07) is 12.9. The number of rotatable bonds is 6. The molecule has 1 heterocycles. The first-order valence-corrected chi connectivity index (χ1v) is 10.1. The van der Waals surface area contributed by atoms with Crippen molar-refractivity contribution < 1.29 is 19.1 Å². The first-order valence-electron chi connectivity index (χ1n) is 10.1. The Hall–Kier alpha value is -3.02. The van der Waals surface area contributed by atoms with Crippen molar-refractivity contribution in [3.8, 4) is 11.5 Å². The number of nitrogens with zero attached hydrogens (tertiary/aromatic N) is 2. The van der Waals surface area contributed by atoms with Crippen LogP contribution in [-0.4, -0.2) is 61.0 Å². The number of hydrogen-bond donors (Lipinski definition) is 0. The van der Waals surface area contributed by atoms with E-state index in [0.29, 0.717) is 62.0 Å². The van der Waals surface area contributed by atoms with Crippen molar-refractivity contribution in [2.75, 3.05) is 39.4 Å². The fourth-order valence-corrected chi connectivity index (χ4v) is 3.37. The van der Waals surface area contributed by atoms with Gasteiger partial charge in [0.05, 0.1) is 13.2 Å². The van der Waals surface area contributed by atoms with Crippen LogP contribution in [0.25, 0.3) is 0 Å². The molecule has 2 amide bonds. The quantitative estimate of drug-likeness (QED) is 0.751. The lowest BCUT2D eigenvalue weighted by Gasteiger charge is -2.35. The maximum atomic E-state index is 13.0. The normalized spacial score (nSPS) is 13.9. The van der Waals surface area contributed by atoms with E-state index in [4.69, 9.17) is 9.47 Å². The molecule has 1 saturated heterocycles. The molecule has 0 radical (unpaired) electrons. The molecular weight excluding hydrogens is 368 g/mol. The number of ether oxygens (including phenoxy) is 2. The van der Waals surface area contributed by atoms with Gasteiger partial charge in [0.2, 0.25) is 0 Å². The molecule has 0 aromatic heterocycles. The van der Waals surface area contributed by atoms with Gasteiger partial charge in [-0.05, 0) is 45.0 Å². The van der Waals surface area contributed by atoms with Gasteiger partial charge in [-0.15, -0.1) is 0 Å². The van der Waals surface area contributed by atoms with Gasteiger partial charge in [-0.2, -0.15) is 0 Å². The number of aryl methyl sites for hydroxylation is 1. The van der Waals surface area contributed by atoms with E-state index in [1.54, 1.807) is 28.0 Å². The van der Waals surface area contributed by atoms with Crippen molar-refractivity contribution in [2.24, 2.45) is 0 Å². The van der Waals surface area contributed by atoms with Crippen LogP contribution in [0.15, 0.2) is 42.5 Å². The number of amides is 2. The van der Waals surface area contributed by atoms with Crippen LogP contribution < -0.4 is 9.47 Å². The zero-order valence-corrected chi connectivity index (χ0v) is 17.3. The molecule has 0 saturated carbocycles. The molecule has 2 aromatic rings. The van der Waals surface area contributed by atoms with Crippen LogP contribution in [0.2, 0.25) is 0 Å². The summed E-state index contributed by atoms with van der Waals surface area (Å²) in [5.41, 5.74) is 2.34. The molecule has 0 aliphatic carbocycles. The smallest absolute Gasteiger partial charge is 0.254 e. The van der Waals surface area contributed by atoms with Crippen LogP contribution in [0.4, 0.5) is 0 Å². The molecule has 0 spiro atoms. The zero-order chi connectivity index (χ0) is 20.8. The van der Waals surface area contributed by atoms with E-state index in [9.17, 15) is 9.59 Å². The van der Waals surface area contributed by atoms with E-state index in [0.717, 1.165) is 5.56 Å². The number of benzene rings is 2. The minimum Gasteiger partial charge on any atom is -0.494 e. The summed E-state index contributed by atoms with van der Waals surface area (Å²) in [5.74, 6) is 1.17. The molecule has 0 atom stereocenters. The van der Waals surface area contributed by atoms with Crippen molar-refractivity contribution in [3.05, 3.63) is 59.2 Å². The van der Waals surface area contributed by atoms with Crippen molar-refractivity contribution >= 4 is 11.8 Å². The van der Waals surface area contributed by atoms with E-state index in [2.05, 4.69) is 0 Å². The van der Waals surface area contributed by atoms with E-state index in [1.807, 2.05) is 45.0 Å². The monoisotopic (exact) mass is 396 g/mol. The summed E-state index contributed by atoms with van der Waals surface area (Å²) in [6.45, 7) is 8.86. The van der Waals surface area contributed by atoms with Crippen molar-refractivity contribution in [3.63, 3.8) is 0 Å². The summed E-state index contributed by atoms with van der Waals surface area (Å²) in [5, 5.41) is 0. The molecule has 1 aliphatic heterocycles. The second-order valence-corrected chi connectivity index (χ2v) is 7.01. The van der Waals surface area contributed by atoms with Crippen LogP contribution >= 0.6 is 0 Å². The number of piperazine rings is 1. The highest BCUT2D eigenvalue weighted by atomic mass is 16.5. The first kappa shape index (κ1) is 20.7. The Labute approximate surface area is 172 Å². The third kappa shape index (κ3) is 5.08. The Morgan fingerprint density at radius 2 is 1.21 bits per heavy atom. The molecule has 0 N–H and O–H groups in total. The van der Waals surface area contributed by atoms with Gasteiger partial charge < -0.3 is 19.3 Å².